The van der Waals surface area contributed by atoms with E-state index in [1.807, 2.05) is 18.2 Å². The van der Waals surface area contributed by atoms with Gasteiger partial charge >= 0.3 is 6.03 Å². The molecule has 0 bridgehead atoms. The van der Waals surface area contributed by atoms with Crippen molar-refractivity contribution < 1.29 is 19.0 Å². The number of nitrogens with one attached hydrogen (secondary N) is 2. The highest BCUT2D eigenvalue weighted by molar-refractivity contribution is 5.89. The molecule has 0 saturated heterocycles. The maximum Gasteiger partial charge on any atom is 0.319 e. The minimum absolute atomic E-state index is 0.259. The van der Waals surface area contributed by atoms with E-state index >= 15 is 0 Å². The molecule has 0 fully saturated rings. The summed E-state index contributed by atoms with van der Waals surface area (Å²) in [4.78, 5) is 15.8. The Kier molecular flexibility index (Phi) is 4.46. The Morgan fingerprint density at radius 3 is 2.91 bits per heavy atom. The third-order valence-corrected chi connectivity index (χ3v) is 3.34. The highest BCUT2D eigenvalue weighted by atomic mass is 16.7. The molecule has 1 aliphatic rings. The summed E-state index contributed by atoms with van der Waals surface area (Å²) in [6, 6.07) is 8.89. The monoisotopic (exact) mass is 315 g/mol. The number of pyridine rings is 1. The van der Waals surface area contributed by atoms with Gasteiger partial charge in [-0.25, -0.2) is 9.78 Å². The van der Waals surface area contributed by atoms with Crippen LogP contribution in [0.15, 0.2) is 36.5 Å². The number of hydrogen-bond acceptors (Lipinski definition) is 5. The first-order valence-corrected chi connectivity index (χ1v) is 7.18. The molecule has 0 aliphatic carbocycles. The first-order valence-electron chi connectivity index (χ1n) is 7.18. The largest absolute Gasteiger partial charge is 0.481 e. The number of carbonyl (C=O) groups excluding carboxylic acids is 1. The van der Waals surface area contributed by atoms with Crippen molar-refractivity contribution in [2.45, 2.75) is 6.42 Å². The van der Waals surface area contributed by atoms with Crippen LogP contribution in [0.2, 0.25) is 0 Å². The van der Waals surface area contributed by atoms with Gasteiger partial charge < -0.3 is 24.8 Å². The van der Waals surface area contributed by atoms with Crippen LogP contribution in [0, 0.1) is 0 Å². The summed E-state index contributed by atoms with van der Waals surface area (Å²) in [5.41, 5.74) is 1.67. The summed E-state index contributed by atoms with van der Waals surface area (Å²) in [6.07, 6.45) is 2.24. The van der Waals surface area contributed by atoms with Gasteiger partial charge in [0.15, 0.2) is 11.5 Å². The van der Waals surface area contributed by atoms with E-state index in [4.69, 9.17) is 14.2 Å². The van der Waals surface area contributed by atoms with Crippen molar-refractivity contribution in [1.29, 1.82) is 0 Å². The topological polar surface area (TPSA) is 81.7 Å². The van der Waals surface area contributed by atoms with E-state index in [0.29, 0.717) is 24.5 Å². The quantitative estimate of drug-likeness (QED) is 0.884. The van der Waals surface area contributed by atoms with Gasteiger partial charge in [0.25, 0.3) is 0 Å². The summed E-state index contributed by atoms with van der Waals surface area (Å²) in [6.45, 7) is 0.768. The average molecular weight is 315 g/mol. The SMILES string of the molecule is COc1ccc(NC(=O)NCCc2ccc3c(c2)OCO3)cn1. The van der Waals surface area contributed by atoms with Gasteiger partial charge in [-0.05, 0) is 30.2 Å². The van der Waals surface area contributed by atoms with Crippen LogP contribution in [0.3, 0.4) is 0 Å². The molecule has 2 N–H and O–H groups in total. The number of methoxy groups -OCH3 is 1. The molecule has 0 unspecified atom stereocenters. The molecular weight excluding hydrogens is 298 g/mol. The number of urea groups is 1. The van der Waals surface area contributed by atoms with Gasteiger partial charge in [-0.3, -0.25) is 0 Å². The standard InChI is InChI=1S/C16H17N3O4/c1-21-15-5-3-12(9-18-15)19-16(20)17-7-6-11-2-4-13-14(8-11)23-10-22-13/h2-5,8-9H,6-7,10H2,1H3,(H2,17,19,20). The lowest BCUT2D eigenvalue weighted by atomic mass is 10.1. The van der Waals surface area contributed by atoms with E-state index in [2.05, 4.69) is 15.6 Å². The van der Waals surface area contributed by atoms with Crippen LogP contribution < -0.4 is 24.8 Å². The van der Waals surface area contributed by atoms with Gasteiger partial charge in [-0.1, -0.05) is 6.07 Å². The molecular formula is C16H17N3O4. The molecule has 2 amide bonds. The Bertz CT molecular complexity index is 688. The molecule has 1 aromatic carbocycles. The molecule has 0 atom stereocenters. The van der Waals surface area contributed by atoms with Crippen LogP contribution in [-0.4, -0.2) is 31.5 Å². The van der Waals surface area contributed by atoms with Crippen LogP contribution in [-0.2, 0) is 6.42 Å². The Morgan fingerprint density at radius 1 is 1.26 bits per heavy atom. The Morgan fingerprint density at radius 2 is 2.13 bits per heavy atom. The van der Waals surface area contributed by atoms with Crippen molar-refractivity contribution in [2.24, 2.45) is 0 Å². The Labute approximate surface area is 133 Å². The van der Waals surface area contributed by atoms with Crippen molar-refractivity contribution >= 4 is 11.7 Å². The van der Waals surface area contributed by atoms with Crippen molar-refractivity contribution in [3.63, 3.8) is 0 Å². The molecule has 3 rings (SSSR count). The molecule has 1 aromatic heterocycles. The van der Waals surface area contributed by atoms with Gasteiger partial charge in [0.1, 0.15) is 0 Å². The van der Waals surface area contributed by atoms with Crippen LogP contribution in [0.25, 0.3) is 0 Å². The van der Waals surface area contributed by atoms with Crippen molar-refractivity contribution in [2.75, 3.05) is 25.8 Å². The van der Waals surface area contributed by atoms with Crippen LogP contribution in [0.1, 0.15) is 5.56 Å². The normalized spacial score (nSPS) is 11.9. The highest BCUT2D eigenvalue weighted by Gasteiger charge is 2.13. The third-order valence-electron chi connectivity index (χ3n) is 3.34. The molecule has 0 spiro atoms. The number of carbonyl (C=O) groups is 1. The van der Waals surface area contributed by atoms with E-state index in [0.717, 1.165) is 17.1 Å². The number of rotatable bonds is 5. The fraction of sp³-hybridized carbons (Fsp3) is 0.250. The number of fused-ring (bicyclic) bond motifs is 1. The third kappa shape index (κ3) is 3.82. The van der Waals surface area contributed by atoms with Gasteiger partial charge in [0, 0.05) is 12.6 Å². The smallest absolute Gasteiger partial charge is 0.319 e. The molecule has 0 saturated carbocycles. The summed E-state index contributed by atoms with van der Waals surface area (Å²) in [7, 11) is 1.54. The summed E-state index contributed by atoms with van der Waals surface area (Å²) >= 11 is 0. The lowest BCUT2D eigenvalue weighted by molar-refractivity contribution is 0.174. The number of benzene rings is 1. The van der Waals surface area contributed by atoms with Gasteiger partial charge in [-0.15, -0.1) is 0 Å². The number of hydrogen-bond donors (Lipinski definition) is 2. The Balaban J connectivity index is 1.45. The first kappa shape index (κ1) is 15.0. The van der Waals surface area contributed by atoms with Crippen molar-refractivity contribution in [1.82, 2.24) is 10.3 Å². The fourth-order valence-corrected chi connectivity index (χ4v) is 2.17. The first-order chi connectivity index (χ1) is 11.2. The Hall–Kier alpha value is -2.96. The predicted molar refractivity (Wildman–Crippen MR) is 84.1 cm³/mol. The zero-order valence-corrected chi connectivity index (χ0v) is 12.7. The van der Waals surface area contributed by atoms with Crippen LogP contribution in [0.4, 0.5) is 10.5 Å². The number of amides is 2. The van der Waals surface area contributed by atoms with E-state index in [1.165, 1.54) is 13.3 Å². The molecule has 23 heavy (non-hydrogen) atoms. The van der Waals surface area contributed by atoms with E-state index in [1.54, 1.807) is 12.1 Å². The number of ether oxygens (including phenoxy) is 3. The number of nitrogens with zero attached hydrogens (tertiary/aromatic N) is 1. The van der Waals surface area contributed by atoms with E-state index in [9.17, 15) is 4.79 Å². The lowest BCUT2D eigenvalue weighted by Crippen LogP contribution is -2.30. The van der Waals surface area contributed by atoms with E-state index < -0.39 is 0 Å². The molecule has 2 heterocycles. The zero-order valence-electron chi connectivity index (χ0n) is 12.7. The van der Waals surface area contributed by atoms with Gasteiger partial charge in [0.05, 0.1) is 19.0 Å². The molecule has 1 aliphatic heterocycles. The molecule has 2 aromatic rings. The highest BCUT2D eigenvalue weighted by Crippen LogP contribution is 2.32. The van der Waals surface area contributed by atoms with E-state index in [-0.39, 0.29) is 12.8 Å². The summed E-state index contributed by atoms with van der Waals surface area (Å²) in [5.74, 6) is 2.00. The minimum atomic E-state index is -0.280. The average Bonchev–Trinajstić information content (AvgIpc) is 3.03. The zero-order chi connectivity index (χ0) is 16.1. The molecule has 7 nitrogen and oxygen atoms in total. The maximum absolute atomic E-state index is 11.8. The number of anilines is 1. The molecule has 0 radical (unpaired) electrons. The lowest BCUT2D eigenvalue weighted by Gasteiger charge is -2.08. The second kappa shape index (κ2) is 6.87. The molecule has 7 heteroatoms. The maximum atomic E-state index is 11.8. The van der Waals surface area contributed by atoms with Crippen LogP contribution >= 0.6 is 0 Å². The summed E-state index contributed by atoms with van der Waals surface area (Å²) in [5, 5.41) is 5.50. The van der Waals surface area contributed by atoms with Crippen molar-refractivity contribution in [3.8, 4) is 17.4 Å². The summed E-state index contributed by atoms with van der Waals surface area (Å²) < 4.78 is 15.5. The van der Waals surface area contributed by atoms with Crippen molar-refractivity contribution in [3.05, 3.63) is 42.1 Å². The van der Waals surface area contributed by atoms with Gasteiger partial charge in [0.2, 0.25) is 12.7 Å². The minimum Gasteiger partial charge on any atom is -0.481 e. The predicted octanol–water partition coefficient (Wildman–Crippen LogP) is 2.18. The van der Waals surface area contributed by atoms with Gasteiger partial charge in [-0.2, -0.15) is 0 Å². The molecule has 120 valence electrons. The fourth-order valence-electron chi connectivity index (χ4n) is 2.17. The second-order valence-electron chi connectivity index (χ2n) is 4.91. The second-order valence-corrected chi connectivity index (χ2v) is 4.91. The van der Waals surface area contributed by atoms with Crippen LogP contribution in [0.5, 0.6) is 17.4 Å². The number of aromatic nitrogens is 1.